The average Bonchev–Trinajstić information content (AvgIpc) is 2.27. The van der Waals surface area contributed by atoms with Gasteiger partial charge in [0.1, 0.15) is 10.1 Å². The summed E-state index contributed by atoms with van der Waals surface area (Å²) >= 11 is 0. The molecule has 0 aliphatic carbocycles. The van der Waals surface area contributed by atoms with Crippen LogP contribution in [0, 0.1) is 0 Å². The van der Waals surface area contributed by atoms with Gasteiger partial charge >= 0.3 is 35.5 Å². The molecular formula is C11H19NaO6S. The number of hydrogen-bond acceptors (Lipinski definition) is 6. The molecule has 0 aromatic carbocycles. The fourth-order valence-corrected chi connectivity index (χ4v) is 1.98. The molecule has 0 rings (SSSR count). The smallest absolute Gasteiger partial charge is 0.746 e. The summed E-state index contributed by atoms with van der Waals surface area (Å²) < 4.78 is 43.1. The standard InChI is InChI=1S/C11H20O6S.Na/c1-4-7-11(3,18(13,14)15)17-9-6-8-16-10(12)5-2;/h5H,2,4,6-9H2,1,3H3,(H,13,14,15);/q;+1/p-1. The van der Waals surface area contributed by atoms with E-state index in [1.54, 1.807) is 6.92 Å². The molecule has 0 aromatic heterocycles. The van der Waals surface area contributed by atoms with Gasteiger partial charge in [-0.05, 0) is 13.3 Å². The molecule has 0 N–H and O–H groups in total. The molecule has 0 aromatic rings. The van der Waals surface area contributed by atoms with Crippen molar-refractivity contribution in [3.05, 3.63) is 12.7 Å². The Labute approximate surface area is 136 Å². The Balaban J connectivity index is 0. The summed E-state index contributed by atoms with van der Waals surface area (Å²) in [7, 11) is -4.53. The maximum Gasteiger partial charge on any atom is 1.00 e. The Morgan fingerprint density at radius 2 is 2.00 bits per heavy atom. The van der Waals surface area contributed by atoms with Crippen LogP contribution in [0.15, 0.2) is 12.7 Å². The molecule has 1 atom stereocenters. The molecule has 0 amide bonds. The van der Waals surface area contributed by atoms with Crippen LogP contribution in [0.25, 0.3) is 0 Å². The van der Waals surface area contributed by atoms with Crippen molar-refractivity contribution in [2.24, 2.45) is 0 Å². The summed E-state index contributed by atoms with van der Waals surface area (Å²) in [5.74, 6) is -0.553. The first-order valence-electron chi connectivity index (χ1n) is 5.65. The Bertz CT molecular complexity index is 381. The largest absolute Gasteiger partial charge is 1.00 e. The Hall–Kier alpha value is 0.0800. The maximum atomic E-state index is 11.1. The van der Waals surface area contributed by atoms with Crippen LogP contribution < -0.4 is 29.6 Å². The van der Waals surface area contributed by atoms with E-state index in [4.69, 9.17) is 4.74 Å². The second-order valence-electron chi connectivity index (χ2n) is 3.91. The minimum absolute atomic E-state index is 0. The maximum absolute atomic E-state index is 11.1. The van der Waals surface area contributed by atoms with Crippen molar-refractivity contribution in [3.63, 3.8) is 0 Å². The number of rotatable bonds is 9. The van der Waals surface area contributed by atoms with Crippen molar-refractivity contribution in [2.75, 3.05) is 13.2 Å². The SMILES string of the molecule is C=CC(=O)OCCCOC(C)(CCC)S(=O)(=O)[O-].[Na+]. The summed E-state index contributed by atoms with van der Waals surface area (Å²) in [4.78, 5) is 8.99. The first kappa shape index (κ1) is 21.4. The van der Waals surface area contributed by atoms with Gasteiger partial charge in [-0.15, -0.1) is 0 Å². The molecule has 0 heterocycles. The third-order valence-corrected chi connectivity index (χ3v) is 3.72. The van der Waals surface area contributed by atoms with E-state index in [1.165, 1.54) is 6.92 Å². The first-order valence-corrected chi connectivity index (χ1v) is 7.06. The molecule has 0 aliphatic rings. The van der Waals surface area contributed by atoms with Gasteiger partial charge in [-0.3, -0.25) is 0 Å². The number of carbonyl (C=O) groups is 1. The zero-order valence-corrected chi connectivity index (χ0v) is 14.5. The number of carbonyl (C=O) groups excluding carboxylic acids is 1. The number of hydrogen-bond donors (Lipinski definition) is 0. The van der Waals surface area contributed by atoms with E-state index in [2.05, 4.69) is 11.3 Å². The Morgan fingerprint density at radius 1 is 1.42 bits per heavy atom. The van der Waals surface area contributed by atoms with Gasteiger partial charge in [-0.1, -0.05) is 19.9 Å². The van der Waals surface area contributed by atoms with Crippen LogP contribution in [0.4, 0.5) is 0 Å². The Kier molecular flexibility index (Phi) is 11.1. The summed E-state index contributed by atoms with van der Waals surface area (Å²) in [5.41, 5.74) is 0. The van der Waals surface area contributed by atoms with E-state index in [-0.39, 0.29) is 49.2 Å². The average molecular weight is 302 g/mol. The Morgan fingerprint density at radius 3 is 2.42 bits per heavy atom. The van der Waals surface area contributed by atoms with Crippen LogP contribution in [0.2, 0.25) is 0 Å². The quantitative estimate of drug-likeness (QED) is 0.164. The van der Waals surface area contributed by atoms with E-state index in [0.717, 1.165) is 6.08 Å². The predicted octanol–water partition coefficient (Wildman–Crippen LogP) is -1.81. The van der Waals surface area contributed by atoms with Crippen molar-refractivity contribution < 1.29 is 56.8 Å². The zero-order chi connectivity index (χ0) is 14.2. The van der Waals surface area contributed by atoms with Gasteiger partial charge in [-0.2, -0.15) is 0 Å². The predicted molar refractivity (Wildman–Crippen MR) is 64.7 cm³/mol. The molecule has 0 radical (unpaired) electrons. The van der Waals surface area contributed by atoms with Crippen molar-refractivity contribution >= 4 is 16.1 Å². The fourth-order valence-electron chi connectivity index (χ4n) is 1.30. The van der Waals surface area contributed by atoms with E-state index in [0.29, 0.717) is 12.8 Å². The third kappa shape index (κ3) is 8.06. The van der Waals surface area contributed by atoms with Gasteiger partial charge in [0.05, 0.1) is 13.2 Å². The van der Waals surface area contributed by atoms with E-state index >= 15 is 0 Å². The topological polar surface area (TPSA) is 92.7 Å². The number of esters is 1. The molecule has 106 valence electrons. The van der Waals surface area contributed by atoms with Crippen LogP contribution >= 0.6 is 0 Å². The molecule has 0 aliphatic heterocycles. The van der Waals surface area contributed by atoms with Gasteiger partial charge in [0.15, 0.2) is 4.93 Å². The molecule has 6 nitrogen and oxygen atoms in total. The van der Waals surface area contributed by atoms with Crippen LogP contribution in [-0.4, -0.2) is 37.1 Å². The second kappa shape index (κ2) is 9.90. The van der Waals surface area contributed by atoms with Gasteiger partial charge < -0.3 is 14.0 Å². The summed E-state index contributed by atoms with van der Waals surface area (Å²) in [6, 6.07) is 0. The van der Waals surface area contributed by atoms with Gasteiger partial charge in [0.25, 0.3) is 0 Å². The summed E-state index contributed by atoms with van der Waals surface area (Å²) in [6.45, 7) is 6.37. The minimum atomic E-state index is -4.53. The van der Waals surface area contributed by atoms with Gasteiger partial charge in [0.2, 0.25) is 0 Å². The normalized spacial score (nSPS) is 14.1. The van der Waals surface area contributed by atoms with Crippen molar-refractivity contribution in [2.45, 2.75) is 38.0 Å². The summed E-state index contributed by atoms with van der Waals surface area (Å²) in [6.07, 6.45) is 1.99. The molecule has 0 saturated heterocycles. The monoisotopic (exact) mass is 302 g/mol. The van der Waals surface area contributed by atoms with Gasteiger partial charge in [0, 0.05) is 12.5 Å². The second-order valence-corrected chi connectivity index (χ2v) is 5.68. The molecule has 1 unspecified atom stereocenters. The van der Waals surface area contributed by atoms with Crippen molar-refractivity contribution in [1.29, 1.82) is 0 Å². The van der Waals surface area contributed by atoms with Crippen LogP contribution in [0.5, 0.6) is 0 Å². The van der Waals surface area contributed by atoms with Crippen LogP contribution in [0.3, 0.4) is 0 Å². The minimum Gasteiger partial charge on any atom is -0.746 e. The van der Waals surface area contributed by atoms with Crippen LogP contribution in [-0.2, 0) is 24.4 Å². The summed E-state index contributed by atoms with van der Waals surface area (Å²) in [5, 5.41) is 0. The molecule has 19 heavy (non-hydrogen) atoms. The van der Waals surface area contributed by atoms with E-state index < -0.39 is 21.0 Å². The molecule has 0 spiro atoms. The van der Waals surface area contributed by atoms with Crippen molar-refractivity contribution in [1.82, 2.24) is 0 Å². The number of ether oxygens (including phenoxy) is 2. The van der Waals surface area contributed by atoms with E-state index in [9.17, 15) is 17.8 Å². The van der Waals surface area contributed by atoms with Crippen molar-refractivity contribution in [3.8, 4) is 0 Å². The molecule has 0 fully saturated rings. The van der Waals surface area contributed by atoms with Crippen LogP contribution in [0.1, 0.15) is 33.1 Å². The first-order chi connectivity index (χ1) is 8.27. The molecule has 0 bridgehead atoms. The molecular weight excluding hydrogens is 283 g/mol. The van der Waals surface area contributed by atoms with E-state index in [1.807, 2.05) is 0 Å². The third-order valence-electron chi connectivity index (χ3n) is 2.34. The zero-order valence-electron chi connectivity index (χ0n) is 11.7. The fraction of sp³-hybridized carbons (Fsp3) is 0.727. The molecule has 8 heteroatoms. The van der Waals surface area contributed by atoms with Gasteiger partial charge in [-0.25, -0.2) is 13.2 Å². The molecule has 0 saturated carbocycles.